The lowest BCUT2D eigenvalue weighted by Gasteiger charge is -2.12. The molecule has 1 heterocycles. The molecule has 1 amide bonds. The van der Waals surface area contributed by atoms with Crippen molar-refractivity contribution in [2.75, 3.05) is 0 Å². The van der Waals surface area contributed by atoms with Gasteiger partial charge in [0, 0.05) is 18.2 Å². The minimum Gasteiger partial charge on any atom is -0.350 e. The number of nitrogens with two attached hydrogens (primary N) is 1. The molecule has 2 atom stereocenters. The van der Waals surface area contributed by atoms with Crippen molar-refractivity contribution in [1.82, 2.24) is 10.3 Å². The lowest BCUT2D eigenvalue weighted by molar-refractivity contribution is -0.124. The normalized spacial score (nSPS) is 13.9. The van der Waals surface area contributed by atoms with Gasteiger partial charge in [0.1, 0.15) is 0 Å². The van der Waals surface area contributed by atoms with Gasteiger partial charge in [-0.05, 0) is 31.9 Å². The number of nitrogens with zero attached hydrogens (tertiary/aromatic N) is 1. The largest absolute Gasteiger partial charge is 0.350 e. The van der Waals surface area contributed by atoms with Gasteiger partial charge in [-0.2, -0.15) is 0 Å². The van der Waals surface area contributed by atoms with Crippen molar-refractivity contribution in [3.05, 3.63) is 30.1 Å². The first kappa shape index (κ1) is 14.6. The van der Waals surface area contributed by atoms with E-state index in [0.717, 1.165) is 25.0 Å². The molecule has 1 rings (SSSR count). The molecule has 0 aliphatic rings. The Bertz CT molecular complexity index is 351. The topological polar surface area (TPSA) is 68.0 Å². The van der Waals surface area contributed by atoms with E-state index in [4.69, 9.17) is 5.73 Å². The van der Waals surface area contributed by atoms with E-state index in [1.165, 1.54) is 0 Å². The lowest BCUT2D eigenvalue weighted by Crippen LogP contribution is -2.29. The summed E-state index contributed by atoms with van der Waals surface area (Å²) in [6, 6.07) is 5.90. The molecule has 1 aromatic rings. The Morgan fingerprint density at radius 2 is 2.17 bits per heavy atom. The maximum Gasteiger partial charge on any atom is 0.223 e. The molecule has 0 fully saturated rings. The third-order valence-corrected chi connectivity index (χ3v) is 2.91. The van der Waals surface area contributed by atoms with Gasteiger partial charge in [-0.25, -0.2) is 0 Å². The van der Waals surface area contributed by atoms with Crippen molar-refractivity contribution >= 4 is 5.91 Å². The number of hydrogen-bond acceptors (Lipinski definition) is 3. The summed E-state index contributed by atoms with van der Waals surface area (Å²) in [5.74, 6) is 0.123. The first-order valence-corrected chi connectivity index (χ1v) is 6.52. The molecular formula is C14H23N3O. The third-order valence-electron chi connectivity index (χ3n) is 2.91. The van der Waals surface area contributed by atoms with Gasteiger partial charge in [0.05, 0.1) is 12.2 Å². The van der Waals surface area contributed by atoms with E-state index < -0.39 is 0 Å². The second-order valence-corrected chi connectivity index (χ2v) is 4.85. The number of carbonyl (C=O) groups is 1. The molecule has 3 N–H and O–H groups in total. The van der Waals surface area contributed by atoms with Crippen LogP contribution in [0.15, 0.2) is 24.4 Å². The first-order chi connectivity index (χ1) is 8.59. The van der Waals surface area contributed by atoms with E-state index in [1.54, 1.807) is 6.20 Å². The molecule has 100 valence electrons. The number of carbonyl (C=O) groups excluding carboxylic acids is 1. The second kappa shape index (κ2) is 7.82. The van der Waals surface area contributed by atoms with Crippen LogP contribution < -0.4 is 11.1 Å². The molecule has 0 bridgehead atoms. The second-order valence-electron chi connectivity index (χ2n) is 4.85. The molecular weight excluding hydrogens is 226 g/mol. The van der Waals surface area contributed by atoms with Crippen molar-refractivity contribution in [3.63, 3.8) is 0 Å². The van der Waals surface area contributed by atoms with E-state index >= 15 is 0 Å². The van der Waals surface area contributed by atoms with E-state index in [0.29, 0.717) is 6.54 Å². The van der Waals surface area contributed by atoms with E-state index in [9.17, 15) is 4.79 Å². The van der Waals surface area contributed by atoms with Crippen LogP contribution in [0, 0.1) is 5.92 Å². The van der Waals surface area contributed by atoms with Gasteiger partial charge >= 0.3 is 0 Å². The molecule has 1 aromatic heterocycles. The zero-order valence-corrected chi connectivity index (χ0v) is 11.2. The number of nitrogens with one attached hydrogen (secondary N) is 1. The first-order valence-electron chi connectivity index (χ1n) is 6.52. The van der Waals surface area contributed by atoms with E-state index in [-0.39, 0.29) is 17.9 Å². The highest BCUT2D eigenvalue weighted by Gasteiger charge is 2.12. The predicted octanol–water partition coefficient (Wildman–Crippen LogP) is 1.85. The van der Waals surface area contributed by atoms with Crippen molar-refractivity contribution < 1.29 is 4.79 Å². The summed E-state index contributed by atoms with van der Waals surface area (Å²) in [6.45, 7) is 4.44. The monoisotopic (exact) mass is 249 g/mol. The average Bonchev–Trinajstić information content (AvgIpc) is 2.36. The van der Waals surface area contributed by atoms with Crippen molar-refractivity contribution in [3.8, 4) is 0 Å². The Morgan fingerprint density at radius 1 is 1.39 bits per heavy atom. The maximum absolute atomic E-state index is 11.8. The van der Waals surface area contributed by atoms with Gasteiger partial charge in [0.25, 0.3) is 0 Å². The van der Waals surface area contributed by atoms with Gasteiger partial charge in [0.2, 0.25) is 5.91 Å². The molecule has 0 spiro atoms. The van der Waals surface area contributed by atoms with Gasteiger partial charge in [-0.15, -0.1) is 0 Å². The maximum atomic E-state index is 11.8. The van der Waals surface area contributed by atoms with Crippen LogP contribution in [-0.4, -0.2) is 16.9 Å². The van der Waals surface area contributed by atoms with Crippen molar-refractivity contribution in [2.24, 2.45) is 11.7 Å². The number of rotatable bonds is 7. The molecule has 0 saturated heterocycles. The molecule has 2 unspecified atom stereocenters. The molecule has 4 nitrogen and oxygen atoms in total. The zero-order chi connectivity index (χ0) is 13.4. The summed E-state index contributed by atoms with van der Waals surface area (Å²) in [4.78, 5) is 16.0. The quantitative estimate of drug-likeness (QED) is 0.775. The molecule has 18 heavy (non-hydrogen) atoms. The Labute approximate surface area is 109 Å². The third kappa shape index (κ3) is 5.77. The van der Waals surface area contributed by atoms with Crippen LogP contribution in [0.1, 0.15) is 38.8 Å². The molecule has 0 aliphatic carbocycles. The van der Waals surface area contributed by atoms with Gasteiger partial charge in [-0.1, -0.05) is 19.4 Å². The fourth-order valence-corrected chi connectivity index (χ4v) is 1.73. The van der Waals surface area contributed by atoms with Gasteiger partial charge in [-0.3, -0.25) is 9.78 Å². The number of aromatic nitrogens is 1. The number of pyridine rings is 1. The standard InChI is InChI=1S/C14H23N3O/c1-11(6-5-7-12(2)15)14(18)17-10-13-8-3-4-9-16-13/h3-4,8-9,11-12H,5-7,10,15H2,1-2H3,(H,17,18). The Morgan fingerprint density at radius 3 is 2.78 bits per heavy atom. The Balaban J connectivity index is 2.23. The van der Waals surface area contributed by atoms with Crippen molar-refractivity contribution in [2.45, 2.75) is 45.7 Å². The fourth-order valence-electron chi connectivity index (χ4n) is 1.73. The van der Waals surface area contributed by atoms with Gasteiger partial charge < -0.3 is 11.1 Å². The van der Waals surface area contributed by atoms with Crippen molar-refractivity contribution in [1.29, 1.82) is 0 Å². The summed E-state index contributed by atoms with van der Waals surface area (Å²) in [6.07, 6.45) is 4.58. The molecule has 0 aromatic carbocycles. The van der Waals surface area contributed by atoms with Crippen LogP contribution in [0.4, 0.5) is 0 Å². The van der Waals surface area contributed by atoms with Crippen LogP contribution in [0.2, 0.25) is 0 Å². The average molecular weight is 249 g/mol. The molecule has 0 radical (unpaired) electrons. The molecule has 0 aliphatic heterocycles. The summed E-state index contributed by atoms with van der Waals surface area (Å²) < 4.78 is 0. The summed E-state index contributed by atoms with van der Waals surface area (Å²) in [7, 11) is 0. The minimum atomic E-state index is 0.0347. The number of amides is 1. The Kier molecular flexibility index (Phi) is 6.36. The van der Waals surface area contributed by atoms with Crippen LogP contribution >= 0.6 is 0 Å². The highest BCUT2D eigenvalue weighted by molar-refractivity contribution is 5.78. The van der Waals surface area contributed by atoms with Crippen LogP contribution in [-0.2, 0) is 11.3 Å². The minimum absolute atomic E-state index is 0.0347. The zero-order valence-electron chi connectivity index (χ0n) is 11.2. The van der Waals surface area contributed by atoms with E-state index in [1.807, 2.05) is 32.0 Å². The smallest absolute Gasteiger partial charge is 0.223 e. The predicted molar refractivity (Wildman–Crippen MR) is 72.7 cm³/mol. The highest BCUT2D eigenvalue weighted by Crippen LogP contribution is 2.09. The summed E-state index contributed by atoms with van der Waals surface area (Å²) in [5.41, 5.74) is 6.56. The summed E-state index contributed by atoms with van der Waals surface area (Å²) >= 11 is 0. The number of hydrogen-bond donors (Lipinski definition) is 2. The molecule has 4 heteroatoms. The van der Waals surface area contributed by atoms with E-state index in [2.05, 4.69) is 10.3 Å². The lowest BCUT2D eigenvalue weighted by atomic mass is 10.0. The van der Waals surface area contributed by atoms with Crippen LogP contribution in [0.25, 0.3) is 0 Å². The highest BCUT2D eigenvalue weighted by atomic mass is 16.1. The van der Waals surface area contributed by atoms with Gasteiger partial charge in [0.15, 0.2) is 0 Å². The SMILES string of the molecule is CC(N)CCCC(C)C(=O)NCc1ccccn1. The summed E-state index contributed by atoms with van der Waals surface area (Å²) in [5, 5.41) is 2.90. The Hall–Kier alpha value is -1.42. The van der Waals surface area contributed by atoms with Crippen LogP contribution in [0.3, 0.4) is 0 Å². The fraction of sp³-hybridized carbons (Fsp3) is 0.571. The molecule has 0 saturated carbocycles. The van der Waals surface area contributed by atoms with Crippen LogP contribution in [0.5, 0.6) is 0 Å².